The van der Waals surface area contributed by atoms with E-state index in [0.717, 1.165) is 29.1 Å². The standard InChI is InChI=1S/C40H42N6O8/c1-21-11-29(48)36-31(51-21)17-30-26(37(36)49)16-33(39(2,3)53-30)52-38(50)40(8-4-10-47)32(54-40)6-5-22-12-27(45-34(41)13-22)24-14-25(44-35(42)15-24)19-46-18-23-7-9-43-28(23)20-46/h7,9,11-15,17,20,32-33,47,49H,4-6,8,10,16,18-19H2,1-3H3,(H2,41,45)(H2,42,44)/t32-,33-,40+/m1/s1. The van der Waals surface area contributed by atoms with Crippen LogP contribution in [0.4, 0.5) is 11.6 Å². The molecule has 7 heterocycles. The van der Waals surface area contributed by atoms with Gasteiger partial charge in [0.25, 0.3) is 0 Å². The third-order valence-electron chi connectivity index (χ3n) is 10.5. The number of aliphatic hydroxyl groups is 1. The lowest BCUT2D eigenvalue weighted by Gasteiger charge is -2.39. The second kappa shape index (κ2) is 13.3. The van der Waals surface area contributed by atoms with Crippen LogP contribution >= 0.6 is 0 Å². The van der Waals surface area contributed by atoms with Crippen LogP contribution in [0.2, 0.25) is 0 Å². The van der Waals surface area contributed by atoms with E-state index in [4.69, 9.17) is 30.1 Å². The molecule has 0 radical (unpaired) electrons. The van der Waals surface area contributed by atoms with Gasteiger partial charge >= 0.3 is 5.97 Å². The first-order valence-corrected chi connectivity index (χ1v) is 18.0. The average Bonchev–Trinajstić information content (AvgIpc) is 3.42. The average molecular weight is 735 g/mol. The highest BCUT2D eigenvalue weighted by Gasteiger charge is 2.63. The van der Waals surface area contributed by atoms with Crippen molar-refractivity contribution in [2.45, 2.75) is 82.8 Å². The number of aromatic nitrogens is 2. The number of aromatic hydroxyl groups is 1. The summed E-state index contributed by atoms with van der Waals surface area (Å²) in [5.41, 5.74) is 15.7. The van der Waals surface area contributed by atoms with Gasteiger partial charge in [-0.05, 0) is 82.4 Å². The number of ether oxygens (including phenoxy) is 3. The number of rotatable bonds is 11. The molecule has 3 atom stereocenters. The molecule has 0 spiro atoms. The molecule has 0 unspecified atom stereocenters. The molecule has 4 aliphatic rings. The molecule has 0 bridgehead atoms. The molecule has 0 amide bonds. The molecular weight excluding hydrogens is 692 g/mol. The molecule has 54 heavy (non-hydrogen) atoms. The number of benzene rings is 1. The number of carbonyl (C=O) groups excluding carboxylic acids is 1. The molecule has 3 aromatic heterocycles. The lowest BCUT2D eigenvalue weighted by atomic mass is 9.89. The summed E-state index contributed by atoms with van der Waals surface area (Å²) in [6.45, 7) is 6.42. The van der Waals surface area contributed by atoms with Crippen molar-refractivity contribution in [3.63, 3.8) is 0 Å². The Morgan fingerprint density at radius 3 is 2.72 bits per heavy atom. The van der Waals surface area contributed by atoms with Crippen LogP contribution in [0.1, 0.15) is 55.7 Å². The quantitative estimate of drug-likeness (QED) is 0.125. The molecule has 1 saturated heterocycles. The van der Waals surface area contributed by atoms with Gasteiger partial charge in [0.2, 0.25) is 0 Å². The zero-order chi connectivity index (χ0) is 37.9. The van der Waals surface area contributed by atoms with Gasteiger partial charge in [-0.15, -0.1) is 0 Å². The van der Waals surface area contributed by atoms with E-state index in [-0.39, 0.29) is 41.6 Å². The molecule has 6 N–H and O–H groups in total. The number of aliphatic hydroxyl groups excluding tert-OH is 1. The summed E-state index contributed by atoms with van der Waals surface area (Å²) in [4.78, 5) is 42.4. The number of aryl methyl sites for hydroxylation is 2. The summed E-state index contributed by atoms with van der Waals surface area (Å²) < 4.78 is 24.2. The van der Waals surface area contributed by atoms with Gasteiger partial charge in [0.05, 0.1) is 29.7 Å². The molecule has 0 saturated carbocycles. The Bertz CT molecular complexity index is 2350. The zero-order valence-electron chi connectivity index (χ0n) is 30.3. The Balaban J connectivity index is 0.970. The van der Waals surface area contributed by atoms with Gasteiger partial charge in [0.1, 0.15) is 51.6 Å². The fourth-order valence-electron chi connectivity index (χ4n) is 7.69. The number of phenols is 1. The van der Waals surface area contributed by atoms with E-state index in [1.54, 1.807) is 45.2 Å². The lowest BCUT2D eigenvalue weighted by Crippen LogP contribution is -2.50. The number of anilines is 2. The molecule has 8 rings (SSSR count). The second-order valence-corrected chi connectivity index (χ2v) is 14.9. The number of carbonyl (C=O) groups is 1. The maximum absolute atomic E-state index is 14.0. The van der Waals surface area contributed by atoms with Crippen molar-refractivity contribution in [3.05, 3.63) is 92.7 Å². The van der Waals surface area contributed by atoms with Crippen molar-refractivity contribution in [2.24, 2.45) is 4.99 Å². The number of fused-ring (bicyclic) bond motifs is 3. The summed E-state index contributed by atoms with van der Waals surface area (Å²) in [6.07, 6.45) is 6.24. The summed E-state index contributed by atoms with van der Waals surface area (Å²) in [5, 5.41) is 20.9. The Morgan fingerprint density at radius 2 is 1.93 bits per heavy atom. The maximum Gasteiger partial charge on any atom is 0.341 e. The van der Waals surface area contributed by atoms with Crippen LogP contribution in [0.3, 0.4) is 0 Å². The number of hydrogen-bond acceptors (Lipinski definition) is 14. The van der Waals surface area contributed by atoms with Gasteiger partial charge in [-0.2, -0.15) is 0 Å². The molecule has 0 aliphatic carbocycles. The Kier molecular flexibility index (Phi) is 8.69. The highest BCUT2D eigenvalue weighted by Crippen LogP contribution is 2.47. The van der Waals surface area contributed by atoms with E-state index in [2.05, 4.69) is 19.9 Å². The number of allylic oxidation sites excluding steroid dienone is 1. The topological polar surface area (TPSA) is 212 Å². The molecular formula is C40H42N6O8. The van der Waals surface area contributed by atoms with Crippen LogP contribution in [-0.4, -0.2) is 73.8 Å². The predicted molar refractivity (Wildman–Crippen MR) is 201 cm³/mol. The first kappa shape index (κ1) is 35.3. The number of nitrogens with two attached hydrogens (primary N) is 2. The minimum atomic E-state index is -1.26. The SMILES string of the molecule is Cc1cc(=O)c2c(O)c3c(cc2o1)OC(C)(C)[C@H](OC(=O)[C@@]1(CCCO)O[C@@H]1CCc1cc(N)nc(-c2cc(N)nc(CN4C=C5N=CC=C5C4)c2)c1)C3. The number of hydrogen-bond donors (Lipinski definition) is 4. The van der Waals surface area contributed by atoms with Crippen LogP contribution in [0, 0.1) is 6.92 Å². The normalized spacial score (nSPS) is 22.0. The molecule has 1 fully saturated rings. The first-order chi connectivity index (χ1) is 25.8. The summed E-state index contributed by atoms with van der Waals surface area (Å²) in [6, 6.07) is 10.4. The van der Waals surface area contributed by atoms with Crippen LogP contribution in [0.25, 0.3) is 22.2 Å². The predicted octanol–water partition coefficient (Wildman–Crippen LogP) is 4.26. The second-order valence-electron chi connectivity index (χ2n) is 14.9. The maximum atomic E-state index is 14.0. The lowest BCUT2D eigenvalue weighted by molar-refractivity contribution is -0.168. The Labute approximate surface area is 310 Å². The van der Waals surface area contributed by atoms with E-state index in [1.807, 2.05) is 24.4 Å². The molecule has 4 aliphatic heterocycles. The van der Waals surface area contributed by atoms with E-state index >= 15 is 0 Å². The zero-order valence-corrected chi connectivity index (χ0v) is 30.3. The Hall–Kier alpha value is -5.73. The van der Waals surface area contributed by atoms with E-state index < -0.39 is 29.4 Å². The van der Waals surface area contributed by atoms with Crippen molar-refractivity contribution in [3.8, 4) is 22.8 Å². The number of aliphatic imine (C=N–C) groups is 1. The van der Waals surface area contributed by atoms with Crippen LogP contribution in [0.5, 0.6) is 11.5 Å². The fourth-order valence-corrected chi connectivity index (χ4v) is 7.69. The van der Waals surface area contributed by atoms with Crippen molar-refractivity contribution in [1.82, 2.24) is 14.9 Å². The van der Waals surface area contributed by atoms with Crippen molar-refractivity contribution in [2.75, 3.05) is 24.6 Å². The number of nitrogen functional groups attached to an aromatic ring is 2. The third-order valence-corrected chi connectivity index (χ3v) is 10.5. The minimum Gasteiger partial charge on any atom is -0.507 e. The van der Waals surface area contributed by atoms with E-state index in [1.165, 1.54) is 11.6 Å². The van der Waals surface area contributed by atoms with E-state index in [9.17, 15) is 19.8 Å². The summed E-state index contributed by atoms with van der Waals surface area (Å²) in [7, 11) is 0. The monoisotopic (exact) mass is 734 g/mol. The largest absolute Gasteiger partial charge is 0.507 e. The molecule has 14 nitrogen and oxygen atoms in total. The van der Waals surface area contributed by atoms with Crippen LogP contribution < -0.4 is 21.6 Å². The fraction of sp³-hybridized carbons (Fsp3) is 0.375. The third kappa shape index (κ3) is 6.56. The summed E-state index contributed by atoms with van der Waals surface area (Å²) in [5.74, 6) is 0.635. The number of phenolic OH excluding ortho intramolecular Hbond substituents is 1. The Morgan fingerprint density at radius 1 is 1.11 bits per heavy atom. The number of epoxide rings is 1. The van der Waals surface area contributed by atoms with Gasteiger partial charge < -0.3 is 45.2 Å². The van der Waals surface area contributed by atoms with Crippen LogP contribution in [0.15, 0.2) is 74.1 Å². The first-order valence-electron chi connectivity index (χ1n) is 18.0. The van der Waals surface area contributed by atoms with Gasteiger partial charge in [-0.25, -0.2) is 14.8 Å². The van der Waals surface area contributed by atoms with E-state index in [0.29, 0.717) is 60.2 Å². The van der Waals surface area contributed by atoms with Crippen molar-refractivity contribution in [1.29, 1.82) is 0 Å². The summed E-state index contributed by atoms with van der Waals surface area (Å²) >= 11 is 0. The highest BCUT2D eigenvalue weighted by atomic mass is 16.7. The minimum absolute atomic E-state index is 0.0426. The molecule has 14 heteroatoms. The van der Waals surface area contributed by atoms with Gasteiger partial charge in [-0.3, -0.25) is 9.79 Å². The molecule has 4 aromatic rings. The number of esters is 1. The van der Waals surface area contributed by atoms with Gasteiger partial charge in [-0.1, -0.05) is 0 Å². The number of pyridine rings is 2. The number of nitrogens with zero attached hydrogens (tertiary/aromatic N) is 4. The van der Waals surface area contributed by atoms with Crippen molar-refractivity contribution >= 4 is 34.8 Å². The molecule has 280 valence electrons. The van der Waals surface area contributed by atoms with Crippen LogP contribution in [-0.2, 0) is 33.7 Å². The van der Waals surface area contributed by atoms with Gasteiger partial charge in [0.15, 0.2) is 11.0 Å². The van der Waals surface area contributed by atoms with Gasteiger partial charge in [0, 0.05) is 60.8 Å². The smallest absolute Gasteiger partial charge is 0.341 e. The highest BCUT2D eigenvalue weighted by molar-refractivity contribution is 5.87. The van der Waals surface area contributed by atoms with Crippen molar-refractivity contribution < 1.29 is 33.6 Å². The molecule has 1 aromatic carbocycles.